The van der Waals surface area contributed by atoms with E-state index in [2.05, 4.69) is 19.9 Å². The number of nitrogen functional groups attached to an aromatic ring is 1. The van der Waals surface area contributed by atoms with Crippen LogP contribution in [0.25, 0.3) is 11.2 Å². The fraction of sp³-hybridized carbons (Fsp3) is 0.500. The molecule has 0 aromatic carbocycles. The van der Waals surface area contributed by atoms with Gasteiger partial charge in [-0.3, -0.25) is 0 Å². The van der Waals surface area contributed by atoms with Crippen LogP contribution < -0.4 is 5.73 Å². The quantitative estimate of drug-likeness (QED) is 0.705. The molecule has 0 unspecified atom stereocenters. The Kier molecular flexibility index (Phi) is 3.17. The molecule has 2 aromatic rings. The van der Waals surface area contributed by atoms with Crippen molar-refractivity contribution in [3.63, 3.8) is 0 Å². The molecular formula is C10H14ClN5O. The first kappa shape index (κ1) is 12.1. The fourth-order valence-electron chi connectivity index (χ4n) is 2.26. The number of nitrogens with two attached hydrogens (primary N) is 1. The van der Waals surface area contributed by atoms with E-state index in [4.69, 9.17) is 5.73 Å². The SMILES string of the molecule is Cl.Nc1ncnc2nc([C@H]3CC[C@@H](O)C3)[nH]c12. The number of aromatic amines is 1. The van der Waals surface area contributed by atoms with Crippen molar-refractivity contribution in [1.82, 2.24) is 19.9 Å². The number of H-pyrrole nitrogens is 1. The van der Waals surface area contributed by atoms with Gasteiger partial charge in [-0.1, -0.05) is 0 Å². The summed E-state index contributed by atoms with van der Waals surface area (Å²) in [6.07, 6.45) is 3.75. The summed E-state index contributed by atoms with van der Waals surface area (Å²) in [5.41, 5.74) is 7.02. The van der Waals surface area contributed by atoms with Crippen LogP contribution in [0.4, 0.5) is 5.82 Å². The Bertz CT molecular complexity index is 528. The largest absolute Gasteiger partial charge is 0.393 e. The standard InChI is InChI=1S/C10H13N5O.ClH/c11-8-7-10(13-4-12-8)15-9(14-7)5-1-2-6(16)3-5;/h4-6,16H,1-3H2,(H3,11,12,13,14,15);1H/t5-,6+;/m0./s1. The lowest BCUT2D eigenvalue weighted by atomic mass is 10.1. The number of rotatable bonds is 1. The fourth-order valence-corrected chi connectivity index (χ4v) is 2.26. The van der Waals surface area contributed by atoms with E-state index in [0.717, 1.165) is 25.1 Å². The van der Waals surface area contributed by atoms with Crippen LogP contribution in [-0.4, -0.2) is 31.1 Å². The molecule has 0 spiro atoms. The molecule has 7 heteroatoms. The van der Waals surface area contributed by atoms with Crippen molar-refractivity contribution in [2.45, 2.75) is 31.3 Å². The number of imidazole rings is 1. The van der Waals surface area contributed by atoms with E-state index in [1.54, 1.807) is 0 Å². The predicted molar refractivity (Wildman–Crippen MR) is 65.9 cm³/mol. The highest BCUT2D eigenvalue weighted by atomic mass is 35.5. The van der Waals surface area contributed by atoms with Crippen molar-refractivity contribution in [2.24, 2.45) is 0 Å². The Labute approximate surface area is 104 Å². The van der Waals surface area contributed by atoms with E-state index in [1.165, 1.54) is 6.33 Å². The van der Waals surface area contributed by atoms with Gasteiger partial charge < -0.3 is 15.8 Å². The number of aliphatic hydroxyl groups excluding tert-OH is 1. The number of aromatic nitrogens is 4. The highest BCUT2D eigenvalue weighted by Crippen LogP contribution is 2.33. The van der Waals surface area contributed by atoms with Gasteiger partial charge in [0.2, 0.25) is 0 Å². The van der Waals surface area contributed by atoms with Crippen LogP contribution in [0.1, 0.15) is 31.0 Å². The molecule has 1 fully saturated rings. The average Bonchev–Trinajstić information content (AvgIpc) is 2.84. The molecule has 6 nitrogen and oxygen atoms in total. The molecule has 2 atom stereocenters. The van der Waals surface area contributed by atoms with Gasteiger partial charge in [-0.2, -0.15) is 0 Å². The summed E-state index contributed by atoms with van der Waals surface area (Å²) in [5, 5.41) is 9.50. The maximum atomic E-state index is 9.50. The summed E-state index contributed by atoms with van der Waals surface area (Å²) in [6.45, 7) is 0. The minimum absolute atomic E-state index is 0. The Morgan fingerprint density at radius 1 is 1.35 bits per heavy atom. The van der Waals surface area contributed by atoms with Crippen LogP contribution in [0.15, 0.2) is 6.33 Å². The molecule has 17 heavy (non-hydrogen) atoms. The van der Waals surface area contributed by atoms with Crippen molar-refractivity contribution in [3.05, 3.63) is 12.2 Å². The van der Waals surface area contributed by atoms with Gasteiger partial charge in [-0.25, -0.2) is 15.0 Å². The number of hydrogen-bond acceptors (Lipinski definition) is 5. The second kappa shape index (κ2) is 4.46. The molecule has 4 N–H and O–H groups in total. The van der Waals surface area contributed by atoms with E-state index in [0.29, 0.717) is 17.0 Å². The van der Waals surface area contributed by atoms with Crippen LogP contribution in [0, 0.1) is 0 Å². The number of nitrogens with one attached hydrogen (secondary N) is 1. The molecule has 1 aliphatic rings. The van der Waals surface area contributed by atoms with Gasteiger partial charge in [0.1, 0.15) is 17.7 Å². The Balaban J connectivity index is 0.00000108. The van der Waals surface area contributed by atoms with E-state index < -0.39 is 0 Å². The van der Waals surface area contributed by atoms with Crippen molar-refractivity contribution in [1.29, 1.82) is 0 Å². The molecule has 0 bridgehead atoms. The van der Waals surface area contributed by atoms with Crippen molar-refractivity contribution < 1.29 is 5.11 Å². The zero-order chi connectivity index (χ0) is 11.1. The minimum Gasteiger partial charge on any atom is -0.393 e. The molecular weight excluding hydrogens is 242 g/mol. The first-order valence-corrected chi connectivity index (χ1v) is 5.38. The third-order valence-corrected chi connectivity index (χ3v) is 3.13. The third-order valence-electron chi connectivity index (χ3n) is 3.13. The van der Waals surface area contributed by atoms with Crippen LogP contribution in [0.2, 0.25) is 0 Å². The molecule has 0 aliphatic heterocycles. The minimum atomic E-state index is -0.207. The van der Waals surface area contributed by atoms with Crippen LogP contribution in [-0.2, 0) is 0 Å². The van der Waals surface area contributed by atoms with Gasteiger partial charge in [0.05, 0.1) is 6.10 Å². The maximum absolute atomic E-state index is 9.50. The zero-order valence-electron chi connectivity index (χ0n) is 9.13. The number of fused-ring (bicyclic) bond motifs is 1. The number of hydrogen-bond donors (Lipinski definition) is 3. The van der Waals surface area contributed by atoms with Gasteiger partial charge in [-0.05, 0) is 19.3 Å². The number of anilines is 1. The first-order valence-electron chi connectivity index (χ1n) is 5.38. The molecule has 1 aliphatic carbocycles. The second-order valence-electron chi connectivity index (χ2n) is 4.24. The molecule has 2 aromatic heterocycles. The van der Waals surface area contributed by atoms with E-state index in [9.17, 15) is 5.11 Å². The van der Waals surface area contributed by atoms with Gasteiger partial charge in [0.15, 0.2) is 11.5 Å². The summed E-state index contributed by atoms with van der Waals surface area (Å²) in [5.74, 6) is 1.56. The Hall–Kier alpha value is -1.40. The first-order chi connectivity index (χ1) is 7.74. The van der Waals surface area contributed by atoms with Gasteiger partial charge in [-0.15, -0.1) is 12.4 Å². The third kappa shape index (κ3) is 2.05. The van der Waals surface area contributed by atoms with E-state index >= 15 is 0 Å². The lowest BCUT2D eigenvalue weighted by Gasteiger charge is -2.03. The molecule has 2 heterocycles. The maximum Gasteiger partial charge on any atom is 0.183 e. The normalized spacial score (nSPS) is 23.8. The number of nitrogens with zero attached hydrogens (tertiary/aromatic N) is 3. The monoisotopic (exact) mass is 255 g/mol. The van der Waals surface area contributed by atoms with Crippen LogP contribution in [0.3, 0.4) is 0 Å². The highest BCUT2D eigenvalue weighted by Gasteiger charge is 2.26. The lowest BCUT2D eigenvalue weighted by molar-refractivity contribution is 0.181. The molecule has 3 rings (SSSR count). The topological polar surface area (TPSA) is 101 Å². The summed E-state index contributed by atoms with van der Waals surface area (Å²) in [7, 11) is 0. The molecule has 0 amide bonds. The summed E-state index contributed by atoms with van der Waals surface area (Å²) in [6, 6.07) is 0. The highest BCUT2D eigenvalue weighted by molar-refractivity contribution is 5.85. The van der Waals surface area contributed by atoms with Crippen molar-refractivity contribution in [2.75, 3.05) is 5.73 Å². The average molecular weight is 256 g/mol. The van der Waals surface area contributed by atoms with E-state index in [-0.39, 0.29) is 24.4 Å². The Morgan fingerprint density at radius 3 is 2.82 bits per heavy atom. The smallest absolute Gasteiger partial charge is 0.183 e. The van der Waals surface area contributed by atoms with Gasteiger partial charge in [0.25, 0.3) is 0 Å². The predicted octanol–water partition coefficient (Wildman–Crippen LogP) is 0.985. The van der Waals surface area contributed by atoms with Gasteiger partial charge in [0, 0.05) is 5.92 Å². The second-order valence-corrected chi connectivity index (χ2v) is 4.24. The van der Waals surface area contributed by atoms with Crippen molar-refractivity contribution >= 4 is 29.4 Å². The number of halogens is 1. The number of aliphatic hydroxyl groups is 1. The van der Waals surface area contributed by atoms with Crippen molar-refractivity contribution in [3.8, 4) is 0 Å². The van der Waals surface area contributed by atoms with Gasteiger partial charge >= 0.3 is 0 Å². The molecule has 1 saturated carbocycles. The summed E-state index contributed by atoms with van der Waals surface area (Å²) in [4.78, 5) is 15.5. The molecule has 0 radical (unpaired) electrons. The van der Waals surface area contributed by atoms with E-state index in [1.807, 2.05) is 0 Å². The Morgan fingerprint density at radius 2 is 2.18 bits per heavy atom. The summed E-state index contributed by atoms with van der Waals surface area (Å²) < 4.78 is 0. The van der Waals surface area contributed by atoms with Crippen LogP contribution >= 0.6 is 12.4 Å². The molecule has 92 valence electrons. The zero-order valence-corrected chi connectivity index (χ0v) is 9.94. The summed E-state index contributed by atoms with van der Waals surface area (Å²) >= 11 is 0. The molecule has 0 saturated heterocycles. The lowest BCUT2D eigenvalue weighted by Crippen LogP contribution is -2.00. The van der Waals surface area contributed by atoms with Crippen LogP contribution in [0.5, 0.6) is 0 Å².